The molecule has 1 saturated heterocycles. The van der Waals surface area contributed by atoms with Crippen molar-refractivity contribution in [3.8, 4) is 6.07 Å². The molecule has 1 aromatic heterocycles. The predicted molar refractivity (Wildman–Crippen MR) is 109 cm³/mol. The van der Waals surface area contributed by atoms with Gasteiger partial charge in [0.2, 0.25) is 0 Å². The van der Waals surface area contributed by atoms with Crippen LogP contribution in [-0.4, -0.2) is 66.1 Å². The van der Waals surface area contributed by atoms with Crippen molar-refractivity contribution in [3.05, 3.63) is 22.4 Å². The largest absolute Gasteiger partial charge is 0.395 e. The fourth-order valence-corrected chi connectivity index (χ4v) is 4.17. The number of pyridine rings is 1. The number of nitriles is 1. The highest BCUT2D eigenvalue weighted by Crippen LogP contribution is 2.35. The molecular formula is C21H29N5O3. The van der Waals surface area contributed by atoms with E-state index >= 15 is 0 Å². The standard InChI is InChI=1S/C21H29N5O3/c1-14(2)18-16-6-4-3-5-15(16)17(13-22)19(24-18)25-8-10-26(11-9-25)21(29)20(28)23-7-12-27/h14,27H,3-12H2,1-2H3,(H,23,28). The number of aliphatic hydroxyl groups is 1. The molecule has 0 bridgehead atoms. The van der Waals surface area contributed by atoms with Crippen LogP contribution in [0.1, 0.15) is 55.0 Å². The summed E-state index contributed by atoms with van der Waals surface area (Å²) in [6.45, 7) is 5.97. The Balaban J connectivity index is 1.80. The van der Waals surface area contributed by atoms with Crippen molar-refractivity contribution in [2.45, 2.75) is 45.4 Å². The van der Waals surface area contributed by atoms with E-state index in [9.17, 15) is 14.9 Å². The van der Waals surface area contributed by atoms with Crippen LogP contribution in [0, 0.1) is 11.3 Å². The molecule has 2 aliphatic rings. The summed E-state index contributed by atoms with van der Waals surface area (Å²) in [5.74, 6) is -0.279. The lowest BCUT2D eigenvalue weighted by atomic mass is 9.85. The third-order valence-electron chi connectivity index (χ3n) is 5.65. The lowest BCUT2D eigenvalue weighted by Crippen LogP contribution is -2.53. The maximum atomic E-state index is 12.3. The summed E-state index contributed by atoms with van der Waals surface area (Å²) in [6.07, 6.45) is 4.12. The molecule has 0 aromatic carbocycles. The van der Waals surface area contributed by atoms with E-state index in [1.807, 2.05) is 0 Å². The Morgan fingerprint density at radius 1 is 1.17 bits per heavy atom. The Labute approximate surface area is 171 Å². The second-order valence-corrected chi connectivity index (χ2v) is 7.89. The predicted octanol–water partition coefficient (Wildman–Crippen LogP) is 0.713. The maximum absolute atomic E-state index is 12.3. The topological polar surface area (TPSA) is 110 Å². The van der Waals surface area contributed by atoms with Crippen LogP contribution in [-0.2, 0) is 22.4 Å². The molecule has 0 atom stereocenters. The van der Waals surface area contributed by atoms with E-state index in [-0.39, 0.29) is 19.1 Å². The van der Waals surface area contributed by atoms with Crippen molar-refractivity contribution < 1.29 is 14.7 Å². The fourth-order valence-electron chi connectivity index (χ4n) is 4.17. The van der Waals surface area contributed by atoms with Crippen molar-refractivity contribution >= 4 is 17.6 Å². The minimum Gasteiger partial charge on any atom is -0.395 e. The second-order valence-electron chi connectivity index (χ2n) is 7.89. The number of amides is 2. The quantitative estimate of drug-likeness (QED) is 0.722. The Morgan fingerprint density at radius 3 is 2.41 bits per heavy atom. The van der Waals surface area contributed by atoms with Crippen LogP contribution in [0.3, 0.4) is 0 Å². The number of nitrogens with one attached hydrogen (secondary N) is 1. The zero-order chi connectivity index (χ0) is 21.0. The first-order valence-electron chi connectivity index (χ1n) is 10.4. The number of hydrogen-bond acceptors (Lipinski definition) is 6. The van der Waals surface area contributed by atoms with Gasteiger partial charge in [-0.25, -0.2) is 4.98 Å². The first-order valence-corrected chi connectivity index (χ1v) is 10.4. The number of aliphatic hydroxyl groups excluding tert-OH is 1. The Kier molecular flexibility index (Phi) is 6.70. The number of piperazine rings is 1. The minimum atomic E-state index is -0.695. The fraction of sp³-hybridized carbons (Fsp3) is 0.619. The van der Waals surface area contributed by atoms with Crippen LogP contribution >= 0.6 is 0 Å². The van der Waals surface area contributed by atoms with Crippen molar-refractivity contribution in [1.29, 1.82) is 5.26 Å². The van der Waals surface area contributed by atoms with E-state index in [1.54, 1.807) is 0 Å². The molecule has 1 aliphatic carbocycles. The maximum Gasteiger partial charge on any atom is 0.312 e. The van der Waals surface area contributed by atoms with Crippen LogP contribution in [0.2, 0.25) is 0 Å². The van der Waals surface area contributed by atoms with Gasteiger partial charge >= 0.3 is 11.8 Å². The number of nitrogens with zero attached hydrogens (tertiary/aromatic N) is 4. The summed E-state index contributed by atoms with van der Waals surface area (Å²) in [7, 11) is 0. The molecule has 29 heavy (non-hydrogen) atoms. The molecule has 0 unspecified atom stereocenters. The average molecular weight is 399 g/mol. The van der Waals surface area contributed by atoms with Gasteiger partial charge in [0.15, 0.2) is 0 Å². The van der Waals surface area contributed by atoms with Gasteiger partial charge in [-0.2, -0.15) is 5.26 Å². The van der Waals surface area contributed by atoms with Crippen LogP contribution in [0.25, 0.3) is 0 Å². The molecule has 2 N–H and O–H groups in total. The van der Waals surface area contributed by atoms with Gasteiger partial charge in [0, 0.05) is 38.4 Å². The molecule has 0 spiro atoms. The summed E-state index contributed by atoms with van der Waals surface area (Å²) >= 11 is 0. The summed E-state index contributed by atoms with van der Waals surface area (Å²) in [5, 5.41) is 21.1. The van der Waals surface area contributed by atoms with Crippen molar-refractivity contribution in [2.75, 3.05) is 44.2 Å². The number of carbonyl (C=O) groups excluding carboxylic acids is 2. The number of aromatic nitrogens is 1. The molecule has 2 amide bonds. The van der Waals surface area contributed by atoms with E-state index in [0.717, 1.165) is 36.9 Å². The van der Waals surface area contributed by atoms with Gasteiger partial charge in [-0.1, -0.05) is 13.8 Å². The Morgan fingerprint density at radius 2 is 1.83 bits per heavy atom. The van der Waals surface area contributed by atoms with Gasteiger partial charge in [-0.15, -0.1) is 0 Å². The first-order chi connectivity index (χ1) is 14.0. The number of anilines is 1. The molecule has 0 saturated carbocycles. The van der Waals surface area contributed by atoms with Gasteiger partial charge < -0.3 is 20.2 Å². The van der Waals surface area contributed by atoms with Crippen molar-refractivity contribution in [2.24, 2.45) is 0 Å². The molecule has 3 rings (SSSR count). The first kappa shape index (κ1) is 21.1. The molecule has 0 radical (unpaired) electrons. The van der Waals surface area contributed by atoms with Crippen molar-refractivity contribution in [3.63, 3.8) is 0 Å². The smallest absolute Gasteiger partial charge is 0.312 e. The van der Waals surface area contributed by atoms with Gasteiger partial charge in [0.1, 0.15) is 11.9 Å². The lowest BCUT2D eigenvalue weighted by molar-refractivity contribution is -0.146. The third-order valence-corrected chi connectivity index (χ3v) is 5.65. The molecule has 1 aliphatic heterocycles. The van der Waals surface area contributed by atoms with Gasteiger partial charge in [0.05, 0.1) is 12.2 Å². The van der Waals surface area contributed by atoms with E-state index in [2.05, 4.69) is 30.1 Å². The average Bonchev–Trinajstić information content (AvgIpc) is 2.75. The van der Waals surface area contributed by atoms with Crippen LogP contribution < -0.4 is 10.2 Å². The number of hydrogen-bond donors (Lipinski definition) is 2. The summed E-state index contributed by atoms with van der Waals surface area (Å²) < 4.78 is 0. The minimum absolute atomic E-state index is 0.0626. The normalized spacial score (nSPS) is 16.4. The van der Waals surface area contributed by atoms with Crippen molar-refractivity contribution in [1.82, 2.24) is 15.2 Å². The van der Waals surface area contributed by atoms with Gasteiger partial charge in [-0.3, -0.25) is 9.59 Å². The highest BCUT2D eigenvalue weighted by atomic mass is 16.3. The van der Waals surface area contributed by atoms with Crippen LogP contribution in [0.5, 0.6) is 0 Å². The summed E-state index contributed by atoms with van der Waals surface area (Å²) in [5.41, 5.74) is 4.15. The number of fused-ring (bicyclic) bond motifs is 1. The summed E-state index contributed by atoms with van der Waals surface area (Å²) in [6, 6.07) is 2.39. The molecule has 1 aromatic rings. The van der Waals surface area contributed by atoms with Crippen LogP contribution in [0.15, 0.2) is 0 Å². The SMILES string of the molecule is CC(C)c1nc(N2CCN(C(=O)C(=O)NCCO)CC2)c(C#N)c2c1CCCC2. The molecular weight excluding hydrogens is 370 g/mol. The van der Waals surface area contributed by atoms with E-state index in [1.165, 1.54) is 10.5 Å². The molecule has 2 heterocycles. The highest BCUT2D eigenvalue weighted by molar-refractivity contribution is 6.35. The van der Waals surface area contributed by atoms with Crippen LogP contribution in [0.4, 0.5) is 5.82 Å². The summed E-state index contributed by atoms with van der Waals surface area (Å²) in [4.78, 5) is 32.6. The zero-order valence-electron chi connectivity index (χ0n) is 17.2. The Bertz CT molecular complexity index is 823. The third kappa shape index (κ3) is 4.35. The number of carbonyl (C=O) groups is 2. The lowest BCUT2D eigenvalue weighted by Gasteiger charge is -2.36. The molecule has 1 fully saturated rings. The van der Waals surface area contributed by atoms with Gasteiger partial charge in [0.25, 0.3) is 0 Å². The second kappa shape index (κ2) is 9.23. The molecule has 8 nitrogen and oxygen atoms in total. The van der Waals surface area contributed by atoms with E-state index in [4.69, 9.17) is 10.1 Å². The molecule has 156 valence electrons. The van der Waals surface area contributed by atoms with Gasteiger partial charge in [-0.05, 0) is 42.7 Å². The number of rotatable bonds is 4. The highest BCUT2D eigenvalue weighted by Gasteiger charge is 2.30. The Hall–Kier alpha value is -2.66. The molecule has 8 heteroatoms. The monoisotopic (exact) mass is 399 g/mol. The zero-order valence-corrected chi connectivity index (χ0v) is 17.2. The van der Waals surface area contributed by atoms with E-state index in [0.29, 0.717) is 37.6 Å². The van der Waals surface area contributed by atoms with E-state index < -0.39 is 11.8 Å².